The third-order valence-electron chi connectivity index (χ3n) is 6.13. The van der Waals surface area contributed by atoms with E-state index in [-0.39, 0.29) is 17.9 Å². The van der Waals surface area contributed by atoms with E-state index in [2.05, 4.69) is 4.98 Å². The average Bonchev–Trinajstić information content (AvgIpc) is 2.69. The molecule has 0 bridgehead atoms. The number of hydrogen-bond acceptors (Lipinski definition) is 3. The van der Waals surface area contributed by atoms with Crippen LogP contribution in [0.5, 0.6) is 0 Å². The van der Waals surface area contributed by atoms with Gasteiger partial charge in [-0.25, -0.2) is 0 Å². The van der Waals surface area contributed by atoms with Crippen molar-refractivity contribution in [3.05, 3.63) is 65.5 Å². The van der Waals surface area contributed by atoms with Gasteiger partial charge in [0.15, 0.2) is 0 Å². The molecule has 3 atom stereocenters. The first-order chi connectivity index (χ1) is 12.6. The molecule has 1 N–H and O–H groups in total. The Kier molecular flexibility index (Phi) is 4.53. The summed E-state index contributed by atoms with van der Waals surface area (Å²) in [6, 6.07) is 12.0. The maximum absolute atomic E-state index is 13.2. The number of aryl methyl sites for hydroxylation is 1. The Morgan fingerprint density at radius 2 is 1.96 bits per heavy atom. The van der Waals surface area contributed by atoms with E-state index in [1.165, 1.54) is 0 Å². The van der Waals surface area contributed by atoms with Gasteiger partial charge in [-0.1, -0.05) is 43.2 Å². The Bertz CT molecular complexity index is 792. The van der Waals surface area contributed by atoms with Crippen molar-refractivity contribution < 1.29 is 9.90 Å². The Balaban J connectivity index is 1.66. The third-order valence-corrected chi connectivity index (χ3v) is 6.13. The average molecular weight is 350 g/mol. The normalized spacial score (nSPS) is 28.5. The van der Waals surface area contributed by atoms with Gasteiger partial charge < -0.3 is 10.0 Å². The summed E-state index contributed by atoms with van der Waals surface area (Å²) in [5.74, 6) is 0.141. The van der Waals surface area contributed by atoms with Gasteiger partial charge in [0.1, 0.15) is 0 Å². The topological polar surface area (TPSA) is 53.4 Å². The molecule has 1 aliphatic carbocycles. The number of nitrogens with zero attached hydrogens (tertiary/aromatic N) is 2. The van der Waals surface area contributed by atoms with Gasteiger partial charge in [-0.15, -0.1) is 0 Å². The number of carbonyl (C=O) groups is 1. The van der Waals surface area contributed by atoms with Crippen LogP contribution >= 0.6 is 0 Å². The number of hydrogen-bond donors (Lipinski definition) is 1. The number of benzene rings is 1. The van der Waals surface area contributed by atoms with Crippen molar-refractivity contribution >= 4 is 5.91 Å². The van der Waals surface area contributed by atoms with Gasteiger partial charge in [-0.3, -0.25) is 9.78 Å². The first-order valence-corrected chi connectivity index (χ1v) is 9.60. The summed E-state index contributed by atoms with van der Waals surface area (Å²) < 4.78 is 0. The molecule has 1 saturated heterocycles. The van der Waals surface area contributed by atoms with Gasteiger partial charge in [0, 0.05) is 30.9 Å². The number of pyridine rings is 1. The number of amides is 1. The SMILES string of the molecule is Cc1cncc(C(=O)N2CC[C@](O)(c3ccccc3)[C@H]3CCCC[C@H]32)c1. The molecule has 2 aliphatic rings. The first kappa shape index (κ1) is 17.2. The molecule has 2 aromatic rings. The van der Waals surface area contributed by atoms with Crippen LogP contribution in [0.4, 0.5) is 0 Å². The molecule has 4 rings (SSSR count). The van der Waals surface area contributed by atoms with Crippen LogP contribution in [0.2, 0.25) is 0 Å². The summed E-state index contributed by atoms with van der Waals surface area (Å²) in [5.41, 5.74) is 1.79. The fourth-order valence-electron chi connectivity index (χ4n) is 4.86. The highest BCUT2D eigenvalue weighted by atomic mass is 16.3. The molecule has 2 heterocycles. The largest absolute Gasteiger partial charge is 0.385 e. The summed E-state index contributed by atoms with van der Waals surface area (Å²) in [5, 5.41) is 11.6. The van der Waals surface area contributed by atoms with Crippen molar-refractivity contribution in [1.82, 2.24) is 9.88 Å². The van der Waals surface area contributed by atoms with Gasteiger partial charge in [-0.05, 0) is 43.4 Å². The minimum atomic E-state index is -0.839. The van der Waals surface area contributed by atoms with Crippen molar-refractivity contribution in [2.75, 3.05) is 6.54 Å². The van der Waals surface area contributed by atoms with Crippen LogP contribution in [0.1, 0.15) is 53.6 Å². The number of carbonyl (C=O) groups excluding carboxylic acids is 1. The van der Waals surface area contributed by atoms with Crippen LogP contribution in [-0.2, 0) is 5.60 Å². The lowest BCUT2D eigenvalue weighted by molar-refractivity contribution is -0.110. The van der Waals surface area contributed by atoms with Gasteiger partial charge >= 0.3 is 0 Å². The van der Waals surface area contributed by atoms with Gasteiger partial charge in [0.25, 0.3) is 5.91 Å². The molecule has 1 aromatic carbocycles. The van der Waals surface area contributed by atoms with Crippen LogP contribution in [0.25, 0.3) is 0 Å². The van der Waals surface area contributed by atoms with E-state index in [1.54, 1.807) is 12.4 Å². The number of likely N-dealkylation sites (tertiary alicyclic amines) is 1. The lowest BCUT2D eigenvalue weighted by Gasteiger charge is -2.52. The summed E-state index contributed by atoms with van der Waals surface area (Å²) >= 11 is 0. The van der Waals surface area contributed by atoms with E-state index in [0.717, 1.165) is 36.8 Å². The van der Waals surface area contributed by atoms with Crippen LogP contribution in [-0.4, -0.2) is 33.5 Å². The monoisotopic (exact) mass is 350 g/mol. The number of fused-ring (bicyclic) bond motifs is 1. The Labute approximate surface area is 154 Å². The predicted octanol–water partition coefficient (Wildman–Crippen LogP) is 3.68. The third kappa shape index (κ3) is 2.92. The van der Waals surface area contributed by atoms with Crippen molar-refractivity contribution in [2.45, 2.75) is 50.7 Å². The fraction of sp³-hybridized carbons (Fsp3) is 0.455. The number of aromatic nitrogens is 1. The molecule has 4 nitrogen and oxygen atoms in total. The highest BCUT2D eigenvalue weighted by Gasteiger charge is 2.50. The molecule has 26 heavy (non-hydrogen) atoms. The zero-order valence-corrected chi connectivity index (χ0v) is 15.3. The Morgan fingerprint density at radius 1 is 1.19 bits per heavy atom. The summed E-state index contributed by atoms with van der Waals surface area (Å²) in [4.78, 5) is 19.3. The minimum Gasteiger partial charge on any atom is -0.385 e. The maximum atomic E-state index is 13.2. The minimum absolute atomic E-state index is 0.0493. The van der Waals surface area contributed by atoms with Crippen molar-refractivity contribution in [2.24, 2.45) is 5.92 Å². The molecule has 136 valence electrons. The van der Waals surface area contributed by atoms with Crippen LogP contribution in [0.15, 0.2) is 48.8 Å². The van der Waals surface area contributed by atoms with E-state index < -0.39 is 5.60 Å². The fourth-order valence-corrected chi connectivity index (χ4v) is 4.86. The zero-order chi connectivity index (χ0) is 18.1. The second-order valence-electron chi connectivity index (χ2n) is 7.75. The summed E-state index contributed by atoms with van der Waals surface area (Å²) in [6.07, 6.45) is 8.17. The predicted molar refractivity (Wildman–Crippen MR) is 101 cm³/mol. The maximum Gasteiger partial charge on any atom is 0.255 e. The molecule has 2 fully saturated rings. The Hall–Kier alpha value is -2.20. The Morgan fingerprint density at radius 3 is 2.73 bits per heavy atom. The molecule has 1 aliphatic heterocycles. The molecule has 1 aromatic heterocycles. The lowest BCUT2D eigenvalue weighted by Crippen LogP contribution is -2.59. The van der Waals surface area contributed by atoms with E-state index in [9.17, 15) is 9.90 Å². The smallest absolute Gasteiger partial charge is 0.255 e. The van der Waals surface area contributed by atoms with E-state index in [1.807, 2.05) is 48.2 Å². The lowest BCUT2D eigenvalue weighted by atomic mass is 9.66. The first-order valence-electron chi connectivity index (χ1n) is 9.60. The molecule has 4 heteroatoms. The summed E-state index contributed by atoms with van der Waals surface area (Å²) in [6.45, 7) is 2.54. The molecule has 0 spiro atoms. The van der Waals surface area contributed by atoms with Gasteiger partial charge in [-0.2, -0.15) is 0 Å². The molecule has 0 unspecified atom stereocenters. The zero-order valence-electron chi connectivity index (χ0n) is 15.3. The van der Waals surface area contributed by atoms with E-state index in [4.69, 9.17) is 0 Å². The highest BCUT2D eigenvalue weighted by molar-refractivity contribution is 5.94. The standard InChI is InChI=1S/C22H26N2O2/c1-16-13-17(15-23-14-16)21(25)24-12-11-22(26,18-7-3-2-4-8-18)19-9-5-6-10-20(19)24/h2-4,7-8,13-15,19-20,26H,5-6,9-12H2,1H3/t19-,20+,22-/m0/s1. The van der Waals surface area contributed by atoms with Crippen LogP contribution in [0.3, 0.4) is 0 Å². The molecular weight excluding hydrogens is 324 g/mol. The van der Waals surface area contributed by atoms with Gasteiger partial charge in [0.05, 0.1) is 11.2 Å². The van der Waals surface area contributed by atoms with Gasteiger partial charge in [0.2, 0.25) is 0 Å². The second kappa shape index (κ2) is 6.84. The van der Waals surface area contributed by atoms with E-state index in [0.29, 0.717) is 18.5 Å². The number of piperidine rings is 1. The molecule has 0 radical (unpaired) electrons. The quantitative estimate of drug-likeness (QED) is 0.899. The second-order valence-corrected chi connectivity index (χ2v) is 7.75. The number of aliphatic hydroxyl groups is 1. The van der Waals surface area contributed by atoms with Crippen molar-refractivity contribution in [3.63, 3.8) is 0 Å². The van der Waals surface area contributed by atoms with Crippen molar-refractivity contribution in [1.29, 1.82) is 0 Å². The van der Waals surface area contributed by atoms with Crippen LogP contribution in [0, 0.1) is 12.8 Å². The summed E-state index contributed by atoms with van der Waals surface area (Å²) in [7, 11) is 0. The highest BCUT2D eigenvalue weighted by Crippen LogP contribution is 2.47. The molecule has 1 amide bonds. The molecule has 1 saturated carbocycles. The van der Waals surface area contributed by atoms with E-state index >= 15 is 0 Å². The van der Waals surface area contributed by atoms with Crippen LogP contribution < -0.4 is 0 Å². The van der Waals surface area contributed by atoms with Crippen molar-refractivity contribution in [3.8, 4) is 0 Å². The molecular formula is C22H26N2O2. The number of rotatable bonds is 2.